The number of nitrogens with one attached hydrogen (secondary N) is 1. The first kappa shape index (κ1) is 15.3. The van der Waals surface area contributed by atoms with E-state index in [0.29, 0.717) is 12.6 Å². The molecule has 1 aliphatic heterocycles. The molecule has 1 aromatic rings. The van der Waals surface area contributed by atoms with Crippen molar-refractivity contribution in [1.82, 2.24) is 10.2 Å². The highest BCUT2D eigenvalue weighted by Gasteiger charge is 2.15. The zero-order chi connectivity index (χ0) is 14.4. The molecule has 0 aliphatic carbocycles. The van der Waals surface area contributed by atoms with Crippen LogP contribution in [0.3, 0.4) is 0 Å². The van der Waals surface area contributed by atoms with Gasteiger partial charge in [0.15, 0.2) is 0 Å². The van der Waals surface area contributed by atoms with Crippen molar-refractivity contribution in [1.29, 1.82) is 0 Å². The Morgan fingerprint density at radius 1 is 1.35 bits per heavy atom. The van der Waals surface area contributed by atoms with Gasteiger partial charge in [0.1, 0.15) is 5.75 Å². The third-order valence-electron chi connectivity index (χ3n) is 3.99. The summed E-state index contributed by atoms with van der Waals surface area (Å²) in [5.74, 6) is 0.992. The molecule has 112 valence electrons. The monoisotopic (exact) mass is 277 g/mol. The Labute approximate surface area is 122 Å². The average molecular weight is 277 g/mol. The molecule has 1 fully saturated rings. The van der Waals surface area contributed by atoms with Crippen molar-refractivity contribution in [2.75, 3.05) is 33.3 Å². The Morgan fingerprint density at radius 2 is 2.10 bits per heavy atom. The standard InChI is InChI=1S/C16H27N3O/c1-13(18-8-7-17)14-5-6-16(20-2)15(11-14)12-19-9-3-4-10-19/h5-6,11,13,18H,3-4,7-10,12,17H2,1-2H3. The summed E-state index contributed by atoms with van der Waals surface area (Å²) < 4.78 is 5.50. The fourth-order valence-corrected chi connectivity index (χ4v) is 2.79. The van der Waals surface area contributed by atoms with E-state index in [4.69, 9.17) is 10.5 Å². The van der Waals surface area contributed by atoms with E-state index < -0.39 is 0 Å². The van der Waals surface area contributed by atoms with Gasteiger partial charge >= 0.3 is 0 Å². The molecule has 1 aliphatic rings. The lowest BCUT2D eigenvalue weighted by molar-refractivity contribution is 0.320. The van der Waals surface area contributed by atoms with Crippen LogP contribution < -0.4 is 15.8 Å². The molecular weight excluding hydrogens is 250 g/mol. The second-order valence-electron chi connectivity index (χ2n) is 5.52. The molecule has 2 rings (SSSR count). The van der Waals surface area contributed by atoms with Crippen LogP contribution in [-0.2, 0) is 6.54 Å². The van der Waals surface area contributed by atoms with Gasteiger partial charge in [-0.25, -0.2) is 0 Å². The summed E-state index contributed by atoms with van der Waals surface area (Å²) in [6, 6.07) is 6.81. The van der Waals surface area contributed by atoms with Gasteiger partial charge in [0.25, 0.3) is 0 Å². The van der Waals surface area contributed by atoms with Gasteiger partial charge in [-0.2, -0.15) is 0 Å². The van der Waals surface area contributed by atoms with E-state index in [1.165, 1.54) is 37.1 Å². The van der Waals surface area contributed by atoms with Gasteiger partial charge in [0.2, 0.25) is 0 Å². The summed E-state index contributed by atoms with van der Waals surface area (Å²) in [5, 5.41) is 3.43. The molecule has 0 spiro atoms. The van der Waals surface area contributed by atoms with E-state index in [1.54, 1.807) is 7.11 Å². The van der Waals surface area contributed by atoms with Gasteiger partial charge < -0.3 is 15.8 Å². The highest BCUT2D eigenvalue weighted by Crippen LogP contribution is 2.25. The van der Waals surface area contributed by atoms with Crippen LogP contribution in [0.2, 0.25) is 0 Å². The van der Waals surface area contributed by atoms with Crippen molar-refractivity contribution < 1.29 is 4.74 Å². The molecule has 1 saturated heterocycles. The van der Waals surface area contributed by atoms with Crippen LogP contribution in [-0.4, -0.2) is 38.2 Å². The van der Waals surface area contributed by atoms with Gasteiger partial charge in [-0.05, 0) is 50.6 Å². The lowest BCUT2D eigenvalue weighted by atomic mass is 10.0. The van der Waals surface area contributed by atoms with Crippen molar-refractivity contribution in [3.05, 3.63) is 29.3 Å². The smallest absolute Gasteiger partial charge is 0.123 e. The van der Waals surface area contributed by atoms with Crippen LogP contribution in [0.15, 0.2) is 18.2 Å². The summed E-state index contributed by atoms with van der Waals surface area (Å²) in [6.45, 7) is 7.08. The van der Waals surface area contributed by atoms with Crippen LogP contribution in [0.1, 0.15) is 36.9 Å². The molecule has 3 N–H and O–H groups in total. The largest absolute Gasteiger partial charge is 0.496 e. The van der Waals surface area contributed by atoms with Gasteiger partial charge in [0, 0.05) is 31.2 Å². The zero-order valence-corrected chi connectivity index (χ0v) is 12.7. The Balaban J connectivity index is 2.10. The Hall–Kier alpha value is -1.10. The quantitative estimate of drug-likeness (QED) is 0.799. The highest BCUT2D eigenvalue weighted by molar-refractivity contribution is 5.38. The number of rotatable bonds is 7. The van der Waals surface area contributed by atoms with Crippen molar-refractivity contribution in [3.8, 4) is 5.75 Å². The van der Waals surface area contributed by atoms with Gasteiger partial charge in [-0.3, -0.25) is 4.90 Å². The van der Waals surface area contributed by atoms with E-state index in [0.717, 1.165) is 18.8 Å². The highest BCUT2D eigenvalue weighted by atomic mass is 16.5. The fraction of sp³-hybridized carbons (Fsp3) is 0.625. The SMILES string of the molecule is COc1ccc(C(C)NCCN)cc1CN1CCCC1. The van der Waals surface area contributed by atoms with Crippen molar-refractivity contribution in [2.24, 2.45) is 5.73 Å². The Bertz CT molecular complexity index is 416. The summed E-state index contributed by atoms with van der Waals surface area (Å²) >= 11 is 0. The number of ether oxygens (including phenoxy) is 1. The summed E-state index contributed by atoms with van der Waals surface area (Å²) in [7, 11) is 1.75. The number of hydrogen-bond donors (Lipinski definition) is 2. The normalized spacial score (nSPS) is 17.4. The molecule has 0 saturated carbocycles. The molecule has 1 unspecified atom stereocenters. The maximum absolute atomic E-state index is 5.55. The van der Waals surface area contributed by atoms with Crippen LogP contribution in [0, 0.1) is 0 Å². The minimum Gasteiger partial charge on any atom is -0.496 e. The third kappa shape index (κ3) is 3.95. The Kier molecular flexibility index (Phi) is 5.83. The molecule has 0 amide bonds. The van der Waals surface area contributed by atoms with E-state index in [1.807, 2.05) is 0 Å². The lowest BCUT2D eigenvalue weighted by Gasteiger charge is -2.20. The summed E-state index contributed by atoms with van der Waals surface area (Å²) in [4.78, 5) is 2.50. The summed E-state index contributed by atoms with van der Waals surface area (Å²) in [5.41, 5.74) is 8.14. The van der Waals surface area contributed by atoms with Gasteiger partial charge in [0.05, 0.1) is 7.11 Å². The van der Waals surface area contributed by atoms with E-state index >= 15 is 0 Å². The van der Waals surface area contributed by atoms with Crippen LogP contribution in [0.4, 0.5) is 0 Å². The molecule has 4 nitrogen and oxygen atoms in total. The number of nitrogens with zero attached hydrogens (tertiary/aromatic N) is 1. The predicted molar refractivity (Wildman–Crippen MR) is 83.0 cm³/mol. The number of methoxy groups -OCH3 is 1. The zero-order valence-electron chi connectivity index (χ0n) is 12.7. The maximum Gasteiger partial charge on any atom is 0.123 e. The molecule has 0 aromatic heterocycles. The first-order chi connectivity index (χ1) is 9.74. The van der Waals surface area contributed by atoms with E-state index in [2.05, 4.69) is 35.3 Å². The van der Waals surface area contributed by atoms with Crippen molar-refractivity contribution in [2.45, 2.75) is 32.4 Å². The number of likely N-dealkylation sites (tertiary alicyclic amines) is 1. The molecule has 1 aromatic carbocycles. The second-order valence-corrected chi connectivity index (χ2v) is 5.52. The Morgan fingerprint density at radius 3 is 2.75 bits per heavy atom. The van der Waals surface area contributed by atoms with Gasteiger partial charge in [-0.15, -0.1) is 0 Å². The van der Waals surface area contributed by atoms with Gasteiger partial charge in [-0.1, -0.05) is 6.07 Å². The molecule has 1 atom stereocenters. The molecule has 4 heteroatoms. The van der Waals surface area contributed by atoms with E-state index in [9.17, 15) is 0 Å². The minimum atomic E-state index is 0.321. The molecule has 1 heterocycles. The van der Waals surface area contributed by atoms with Crippen LogP contribution in [0.5, 0.6) is 5.75 Å². The van der Waals surface area contributed by atoms with Crippen molar-refractivity contribution >= 4 is 0 Å². The van der Waals surface area contributed by atoms with Crippen LogP contribution >= 0.6 is 0 Å². The molecule has 0 bridgehead atoms. The predicted octanol–water partition coefficient (Wildman–Crippen LogP) is 1.90. The first-order valence-electron chi connectivity index (χ1n) is 7.57. The number of benzene rings is 1. The third-order valence-corrected chi connectivity index (χ3v) is 3.99. The molecular formula is C16H27N3O. The summed E-state index contributed by atoms with van der Waals surface area (Å²) in [6.07, 6.45) is 2.63. The number of nitrogens with two attached hydrogens (primary N) is 1. The molecule has 0 radical (unpaired) electrons. The minimum absolute atomic E-state index is 0.321. The number of hydrogen-bond acceptors (Lipinski definition) is 4. The fourth-order valence-electron chi connectivity index (χ4n) is 2.79. The topological polar surface area (TPSA) is 50.5 Å². The average Bonchev–Trinajstić information content (AvgIpc) is 2.97. The second kappa shape index (κ2) is 7.62. The first-order valence-corrected chi connectivity index (χ1v) is 7.57. The molecule has 20 heavy (non-hydrogen) atoms. The van der Waals surface area contributed by atoms with Crippen LogP contribution in [0.25, 0.3) is 0 Å². The maximum atomic E-state index is 5.55. The van der Waals surface area contributed by atoms with E-state index in [-0.39, 0.29) is 0 Å². The van der Waals surface area contributed by atoms with Crippen molar-refractivity contribution in [3.63, 3.8) is 0 Å². The lowest BCUT2D eigenvalue weighted by Crippen LogP contribution is -2.25.